The Labute approximate surface area is 115 Å². The summed E-state index contributed by atoms with van der Waals surface area (Å²) in [6, 6.07) is 8.58. The molecule has 0 aliphatic carbocycles. The maximum Gasteiger partial charge on any atom is 0.105 e. The predicted octanol–water partition coefficient (Wildman–Crippen LogP) is 3.03. The fourth-order valence-electron chi connectivity index (χ4n) is 2.36. The summed E-state index contributed by atoms with van der Waals surface area (Å²) in [4.78, 5) is 2.25. The highest BCUT2D eigenvalue weighted by molar-refractivity contribution is 5.55. The second-order valence-corrected chi connectivity index (χ2v) is 5.03. The lowest BCUT2D eigenvalue weighted by molar-refractivity contribution is 0.529. The standard InChI is InChI=1S/C16H22N2O/c1-12-4-5-16(14(10-12)6-8-17)18(3)11-15-7-9-19-13(15)2/h4-5,7,9-10H,6,8,11,17H2,1-3H3. The number of hydrogen-bond acceptors (Lipinski definition) is 3. The van der Waals surface area contributed by atoms with Gasteiger partial charge in [0.2, 0.25) is 0 Å². The Morgan fingerprint density at radius 2 is 1.95 bits per heavy atom. The molecule has 0 bridgehead atoms. The van der Waals surface area contributed by atoms with E-state index >= 15 is 0 Å². The Balaban J connectivity index is 2.23. The van der Waals surface area contributed by atoms with Crippen molar-refractivity contribution >= 4 is 5.69 Å². The largest absolute Gasteiger partial charge is 0.469 e. The zero-order valence-corrected chi connectivity index (χ0v) is 11.9. The molecule has 0 radical (unpaired) electrons. The minimum absolute atomic E-state index is 0.676. The van der Waals surface area contributed by atoms with E-state index in [1.807, 2.05) is 13.0 Å². The Morgan fingerprint density at radius 1 is 1.16 bits per heavy atom. The van der Waals surface area contributed by atoms with E-state index in [1.165, 1.54) is 22.4 Å². The number of rotatable bonds is 5. The molecule has 19 heavy (non-hydrogen) atoms. The molecule has 0 unspecified atom stereocenters. The first-order valence-corrected chi connectivity index (χ1v) is 6.65. The lowest BCUT2D eigenvalue weighted by Crippen LogP contribution is -2.19. The van der Waals surface area contributed by atoms with Crippen LogP contribution < -0.4 is 10.6 Å². The van der Waals surface area contributed by atoms with Crippen LogP contribution in [0.15, 0.2) is 34.9 Å². The molecule has 2 aromatic rings. The van der Waals surface area contributed by atoms with Crippen LogP contribution in [0, 0.1) is 13.8 Å². The van der Waals surface area contributed by atoms with Gasteiger partial charge in [-0.25, -0.2) is 0 Å². The van der Waals surface area contributed by atoms with Crippen molar-refractivity contribution in [3.8, 4) is 0 Å². The van der Waals surface area contributed by atoms with Crippen molar-refractivity contribution in [1.29, 1.82) is 0 Å². The lowest BCUT2D eigenvalue weighted by atomic mass is 10.1. The van der Waals surface area contributed by atoms with Crippen LogP contribution in [0.2, 0.25) is 0 Å². The van der Waals surface area contributed by atoms with Crippen molar-refractivity contribution in [1.82, 2.24) is 0 Å². The van der Waals surface area contributed by atoms with Crippen molar-refractivity contribution in [2.45, 2.75) is 26.8 Å². The number of anilines is 1. The third-order valence-electron chi connectivity index (χ3n) is 3.43. The van der Waals surface area contributed by atoms with Crippen molar-refractivity contribution in [2.75, 3.05) is 18.5 Å². The molecule has 0 spiro atoms. The van der Waals surface area contributed by atoms with Crippen LogP contribution in [0.1, 0.15) is 22.5 Å². The maximum absolute atomic E-state index is 5.71. The minimum atomic E-state index is 0.676. The number of nitrogens with two attached hydrogens (primary N) is 1. The molecule has 1 aromatic carbocycles. The van der Waals surface area contributed by atoms with E-state index in [-0.39, 0.29) is 0 Å². The molecule has 0 aliphatic heterocycles. The first-order chi connectivity index (χ1) is 9.11. The third kappa shape index (κ3) is 3.18. The molecule has 1 heterocycles. The second kappa shape index (κ2) is 5.93. The van der Waals surface area contributed by atoms with E-state index in [9.17, 15) is 0 Å². The van der Waals surface area contributed by atoms with E-state index in [1.54, 1.807) is 6.26 Å². The van der Waals surface area contributed by atoms with Crippen LogP contribution in [-0.4, -0.2) is 13.6 Å². The topological polar surface area (TPSA) is 42.4 Å². The third-order valence-corrected chi connectivity index (χ3v) is 3.43. The van der Waals surface area contributed by atoms with Gasteiger partial charge >= 0.3 is 0 Å². The molecule has 0 aliphatic rings. The van der Waals surface area contributed by atoms with Crippen molar-refractivity contribution in [2.24, 2.45) is 5.73 Å². The monoisotopic (exact) mass is 258 g/mol. The summed E-state index contributed by atoms with van der Waals surface area (Å²) in [7, 11) is 2.11. The molecule has 0 saturated heterocycles. The smallest absolute Gasteiger partial charge is 0.105 e. The first-order valence-electron chi connectivity index (χ1n) is 6.65. The van der Waals surface area contributed by atoms with Gasteiger partial charge in [0.1, 0.15) is 5.76 Å². The SMILES string of the molecule is Cc1ccc(N(C)Cc2ccoc2C)c(CCN)c1. The lowest BCUT2D eigenvalue weighted by Gasteiger charge is -2.22. The van der Waals surface area contributed by atoms with Crippen LogP contribution in [0.3, 0.4) is 0 Å². The van der Waals surface area contributed by atoms with E-state index in [4.69, 9.17) is 10.2 Å². The number of furan rings is 1. The summed E-state index contributed by atoms with van der Waals surface area (Å²) in [5.41, 5.74) is 10.8. The number of nitrogens with zero attached hydrogens (tertiary/aromatic N) is 1. The molecule has 1 aromatic heterocycles. The molecule has 0 fully saturated rings. The average Bonchev–Trinajstić information content (AvgIpc) is 2.75. The summed E-state index contributed by atoms with van der Waals surface area (Å²) >= 11 is 0. The molecule has 0 atom stereocenters. The Kier molecular flexibility index (Phi) is 4.27. The van der Waals surface area contributed by atoms with Gasteiger partial charge in [-0.1, -0.05) is 17.7 Å². The number of benzene rings is 1. The van der Waals surface area contributed by atoms with Gasteiger partial charge in [0.05, 0.1) is 6.26 Å². The molecule has 3 nitrogen and oxygen atoms in total. The predicted molar refractivity (Wildman–Crippen MR) is 79.5 cm³/mol. The molecular weight excluding hydrogens is 236 g/mol. The molecule has 2 N–H and O–H groups in total. The van der Waals surface area contributed by atoms with Crippen LogP contribution in [-0.2, 0) is 13.0 Å². The number of aryl methyl sites for hydroxylation is 2. The van der Waals surface area contributed by atoms with Gasteiger partial charge < -0.3 is 15.1 Å². The fourth-order valence-corrected chi connectivity index (χ4v) is 2.36. The van der Waals surface area contributed by atoms with Crippen LogP contribution in [0.5, 0.6) is 0 Å². The first kappa shape index (κ1) is 13.7. The summed E-state index contributed by atoms with van der Waals surface area (Å²) in [5.74, 6) is 0.985. The fraction of sp³-hybridized carbons (Fsp3) is 0.375. The van der Waals surface area contributed by atoms with Gasteiger partial charge in [0, 0.05) is 24.8 Å². The summed E-state index contributed by atoms with van der Waals surface area (Å²) < 4.78 is 5.35. The average molecular weight is 258 g/mol. The Bertz CT molecular complexity index is 545. The van der Waals surface area contributed by atoms with E-state index in [0.29, 0.717) is 6.54 Å². The summed E-state index contributed by atoms with van der Waals surface area (Å²) in [5, 5.41) is 0. The quantitative estimate of drug-likeness (QED) is 0.896. The highest BCUT2D eigenvalue weighted by Crippen LogP contribution is 2.24. The molecule has 3 heteroatoms. The Hall–Kier alpha value is -1.74. The molecular formula is C16H22N2O. The minimum Gasteiger partial charge on any atom is -0.469 e. The van der Waals surface area contributed by atoms with Gasteiger partial charge in [0.25, 0.3) is 0 Å². The van der Waals surface area contributed by atoms with Gasteiger partial charge in [-0.15, -0.1) is 0 Å². The highest BCUT2D eigenvalue weighted by Gasteiger charge is 2.10. The van der Waals surface area contributed by atoms with Crippen molar-refractivity contribution in [3.05, 3.63) is 53.0 Å². The maximum atomic E-state index is 5.71. The van der Waals surface area contributed by atoms with Gasteiger partial charge in [0.15, 0.2) is 0 Å². The van der Waals surface area contributed by atoms with Gasteiger partial charge in [-0.05, 0) is 44.5 Å². The van der Waals surface area contributed by atoms with Crippen molar-refractivity contribution < 1.29 is 4.42 Å². The highest BCUT2D eigenvalue weighted by atomic mass is 16.3. The second-order valence-electron chi connectivity index (χ2n) is 5.03. The van der Waals surface area contributed by atoms with E-state index < -0.39 is 0 Å². The van der Waals surface area contributed by atoms with Crippen LogP contribution >= 0.6 is 0 Å². The van der Waals surface area contributed by atoms with Gasteiger partial charge in [-0.2, -0.15) is 0 Å². The molecule has 0 amide bonds. The van der Waals surface area contributed by atoms with E-state index in [2.05, 4.69) is 37.1 Å². The molecule has 2 rings (SSSR count). The van der Waals surface area contributed by atoms with Crippen LogP contribution in [0.25, 0.3) is 0 Å². The van der Waals surface area contributed by atoms with Gasteiger partial charge in [-0.3, -0.25) is 0 Å². The Morgan fingerprint density at radius 3 is 2.58 bits per heavy atom. The van der Waals surface area contributed by atoms with Crippen LogP contribution in [0.4, 0.5) is 5.69 Å². The molecule has 102 valence electrons. The zero-order valence-electron chi connectivity index (χ0n) is 11.9. The normalized spacial score (nSPS) is 10.7. The summed E-state index contributed by atoms with van der Waals surface area (Å²) in [6.07, 6.45) is 2.65. The number of hydrogen-bond donors (Lipinski definition) is 1. The summed E-state index contributed by atoms with van der Waals surface area (Å²) in [6.45, 7) is 5.64. The van der Waals surface area contributed by atoms with Crippen molar-refractivity contribution in [3.63, 3.8) is 0 Å². The molecule has 0 saturated carbocycles. The van der Waals surface area contributed by atoms with E-state index in [0.717, 1.165) is 18.7 Å². The zero-order chi connectivity index (χ0) is 13.8.